The number of alkyl halides is 3. The van der Waals surface area contributed by atoms with Crippen molar-refractivity contribution in [3.8, 4) is 5.75 Å². The van der Waals surface area contributed by atoms with E-state index in [0.717, 1.165) is 21.9 Å². The molecular weight excluding hydrogens is 501 g/mol. The second kappa shape index (κ2) is 9.52. The molecule has 0 bridgehead atoms. The average molecular weight is 529 g/mol. The number of carbonyl (C=O) groups excluding carboxylic acids is 1. The van der Waals surface area contributed by atoms with Crippen LogP contribution in [-0.4, -0.2) is 44.3 Å². The lowest BCUT2D eigenvalue weighted by molar-refractivity contribution is -0.138. The first-order valence-corrected chi connectivity index (χ1v) is 12.3. The SMILES string of the molecule is Cc1cc([C@H](NC2=CS(=O)(=O)N=C2Nc2ccc(C(F)(F)F)c(C(=O)N(C)C)c2O)C(C)C)oc1C. The fraction of sp³-hybridized carbons (Fsp3) is 0.391. The highest BCUT2D eigenvalue weighted by Crippen LogP contribution is 2.40. The topological polar surface area (TPSA) is 124 Å². The second-order valence-corrected chi connectivity index (χ2v) is 10.4. The Balaban J connectivity index is 2.02. The van der Waals surface area contributed by atoms with Gasteiger partial charge in [-0.25, -0.2) is 0 Å². The Kier molecular flexibility index (Phi) is 7.17. The van der Waals surface area contributed by atoms with Crippen molar-refractivity contribution < 1.29 is 35.9 Å². The maximum atomic E-state index is 13.5. The van der Waals surface area contributed by atoms with E-state index < -0.39 is 45.0 Å². The summed E-state index contributed by atoms with van der Waals surface area (Å²) in [5, 5.41) is 17.1. The lowest BCUT2D eigenvalue weighted by atomic mass is 10.0. The Bertz CT molecular complexity index is 1340. The Morgan fingerprint density at radius 1 is 1.19 bits per heavy atom. The molecule has 0 saturated heterocycles. The van der Waals surface area contributed by atoms with Crippen molar-refractivity contribution in [1.29, 1.82) is 0 Å². The minimum Gasteiger partial charge on any atom is -0.505 e. The van der Waals surface area contributed by atoms with Crippen molar-refractivity contribution in [1.82, 2.24) is 10.2 Å². The van der Waals surface area contributed by atoms with E-state index in [2.05, 4.69) is 15.0 Å². The number of nitrogens with zero attached hydrogens (tertiary/aromatic N) is 2. The first kappa shape index (κ1) is 27.1. The van der Waals surface area contributed by atoms with Gasteiger partial charge in [-0.3, -0.25) is 4.79 Å². The van der Waals surface area contributed by atoms with Crippen LogP contribution in [0.2, 0.25) is 0 Å². The number of carbonyl (C=O) groups is 1. The fourth-order valence-electron chi connectivity index (χ4n) is 3.58. The zero-order valence-corrected chi connectivity index (χ0v) is 21.3. The quantitative estimate of drug-likeness (QED) is 0.478. The molecule has 3 rings (SSSR count). The van der Waals surface area contributed by atoms with Gasteiger partial charge in [-0.2, -0.15) is 21.6 Å². The van der Waals surface area contributed by atoms with Crippen molar-refractivity contribution in [2.75, 3.05) is 19.4 Å². The lowest BCUT2D eigenvalue weighted by Gasteiger charge is -2.23. The smallest absolute Gasteiger partial charge is 0.417 e. The number of amides is 1. The van der Waals surface area contributed by atoms with Crippen LogP contribution in [0.4, 0.5) is 18.9 Å². The number of furan rings is 1. The van der Waals surface area contributed by atoms with Crippen molar-refractivity contribution in [3.05, 3.63) is 57.5 Å². The molecule has 0 unspecified atom stereocenters. The summed E-state index contributed by atoms with van der Waals surface area (Å²) in [4.78, 5) is 13.4. The highest BCUT2D eigenvalue weighted by molar-refractivity contribution is 7.93. The minimum absolute atomic E-state index is 0.0141. The van der Waals surface area contributed by atoms with Gasteiger partial charge in [-0.05, 0) is 43.5 Å². The highest BCUT2D eigenvalue weighted by atomic mass is 32.2. The summed E-state index contributed by atoms with van der Waals surface area (Å²) < 4.78 is 74.6. The molecule has 1 atom stereocenters. The van der Waals surface area contributed by atoms with Gasteiger partial charge in [0.15, 0.2) is 11.6 Å². The summed E-state index contributed by atoms with van der Waals surface area (Å²) in [6.45, 7) is 7.44. The van der Waals surface area contributed by atoms with Crippen LogP contribution >= 0.6 is 0 Å². The fourth-order valence-corrected chi connectivity index (χ4v) is 4.51. The van der Waals surface area contributed by atoms with E-state index in [-0.39, 0.29) is 23.1 Å². The summed E-state index contributed by atoms with van der Waals surface area (Å²) >= 11 is 0. The van der Waals surface area contributed by atoms with E-state index in [9.17, 15) is 31.5 Å². The highest BCUT2D eigenvalue weighted by Gasteiger charge is 2.38. The monoisotopic (exact) mass is 528 g/mol. The molecule has 1 aromatic carbocycles. The molecule has 1 aliphatic rings. The first-order chi connectivity index (χ1) is 16.5. The third-order valence-electron chi connectivity index (χ3n) is 5.57. The maximum Gasteiger partial charge on any atom is 0.417 e. The summed E-state index contributed by atoms with van der Waals surface area (Å²) in [5.41, 5.74) is -1.71. The number of phenolic OH excluding ortho intramolecular Hbond substituents is 1. The third kappa shape index (κ3) is 5.50. The molecule has 0 radical (unpaired) electrons. The zero-order valence-electron chi connectivity index (χ0n) is 20.5. The molecule has 3 N–H and O–H groups in total. The molecule has 0 saturated carbocycles. The number of phenols is 1. The molecule has 9 nitrogen and oxygen atoms in total. The van der Waals surface area contributed by atoms with Crippen LogP contribution in [0.25, 0.3) is 0 Å². The summed E-state index contributed by atoms with van der Waals surface area (Å²) in [7, 11) is -1.59. The zero-order chi connectivity index (χ0) is 27.2. The van der Waals surface area contributed by atoms with E-state index in [4.69, 9.17) is 4.42 Å². The largest absolute Gasteiger partial charge is 0.505 e. The number of nitrogens with one attached hydrogen (secondary N) is 2. The number of amidine groups is 1. The molecule has 1 aliphatic heterocycles. The van der Waals surface area contributed by atoms with Crippen LogP contribution in [-0.2, 0) is 16.2 Å². The van der Waals surface area contributed by atoms with Crippen molar-refractivity contribution in [2.45, 2.75) is 39.9 Å². The molecule has 0 fully saturated rings. The van der Waals surface area contributed by atoms with Gasteiger partial charge in [0.2, 0.25) is 0 Å². The third-order valence-corrected chi connectivity index (χ3v) is 6.54. The number of halogens is 3. The lowest BCUT2D eigenvalue weighted by Crippen LogP contribution is -2.31. The Morgan fingerprint density at radius 2 is 1.83 bits per heavy atom. The van der Waals surface area contributed by atoms with Gasteiger partial charge in [0, 0.05) is 14.1 Å². The van der Waals surface area contributed by atoms with Gasteiger partial charge in [-0.1, -0.05) is 13.8 Å². The normalized spacial score (nSPS) is 15.9. The number of rotatable bonds is 6. The van der Waals surface area contributed by atoms with Crippen LogP contribution in [0.1, 0.15) is 52.9 Å². The average Bonchev–Trinajstić information content (AvgIpc) is 3.22. The van der Waals surface area contributed by atoms with Crippen molar-refractivity contribution in [3.63, 3.8) is 0 Å². The van der Waals surface area contributed by atoms with E-state index in [0.29, 0.717) is 17.6 Å². The minimum atomic E-state index is -4.92. The first-order valence-electron chi connectivity index (χ1n) is 10.8. The molecule has 2 heterocycles. The number of hydrogen-bond acceptors (Lipinski definition) is 7. The molecule has 1 amide bonds. The number of aryl methyl sites for hydroxylation is 2. The van der Waals surface area contributed by atoms with Crippen LogP contribution in [0.3, 0.4) is 0 Å². The molecule has 1 aromatic heterocycles. The second-order valence-electron chi connectivity index (χ2n) is 8.95. The van der Waals surface area contributed by atoms with Crippen molar-refractivity contribution >= 4 is 27.5 Å². The van der Waals surface area contributed by atoms with Crippen molar-refractivity contribution in [2.24, 2.45) is 10.3 Å². The van der Waals surface area contributed by atoms with E-state index >= 15 is 0 Å². The van der Waals surface area contributed by atoms with Crippen LogP contribution in [0.5, 0.6) is 5.75 Å². The van der Waals surface area contributed by atoms with Gasteiger partial charge in [-0.15, -0.1) is 4.40 Å². The van der Waals surface area contributed by atoms with Gasteiger partial charge in [0.1, 0.15) is 11.5 Å². The van der Waals surface area contributed by atoms with Crippen LogP contribution in [0, 0.1) is 19.8 Å². The molecule has 13 heteroatoms. The van der Waals surface area contributed by atoms with Gasteiger partial charge in [0.05, 0.1) is 34.0 Å². The maximum absolute atomic E-state index is 13.5. The predicted molar refractivity (Wildman–Crippen MR) is 128 cm³/mol. The van der Waals surface area contributed by atoms with E-state index in [1.54, 1.807) is 6.92 Å². The van der Waals surface area contributed by atoms with E-state index in [1.165, 1.54) is 14.1 Å². The Labute approximate surface area is 206 Å². The summed E-state index contributed by atoms with van der Waals surface area (Å²) in [5.74, 6) is -1.15. The molecule has 36 heavy (non-hydrogen) atoms. The van der Waals surface area contributed by atoms with Gasteiger partial charge in [0.25, 0.3) is 15.9 Å². The number of anilines is 1. The number of sulfonamides is 1. The molecular formula is C23H27F3N4O5S. The summed E-state index contributed by atoms with van der Waals surface area (Å²) in [6.07, 6.45) is -4.92. The molecule has 0 spiro atoms. The Hall–Kier alpha value is -3.48. The predicted octanol–water partition coefficient (Wildman–Crippen LogP) is 4.30. The molecule has 2 aromatic rings. The number of hydrogen-bond donors (Lipinski definition) is 3. The molecule has 196 valence electrons. The van der Waals surface area contributed by atoms with Crippen LogP contribution in [0.15, 0.2) is 38.1 Å². The van der Waals surface area contributed by atoms with Gasteiger partial charge >= 0.3 is 6.18 Å². The molecule has 0 aliphatic carbocycles. The van der Waals surface area contributed by atoms with Crippen LogP contribution < -0.4 is 10.6 Å². The number of benzene rings is 1. The number of aromatic hydroxyl groups is 1. The standard InChI is InChI=1S/C23H27F3N4O5S/c1-11(2)19(17-9-12(3)13(4)35-17)27-16-10-36(33,34)29-21(16)28-15-8-7-14(23(24,25)26)18(20(15)31)22(32)30(5)6/h7-11,19,27,31H,1-6H3,(H,28,29)/t19-/m1/s1. The van der Waals surface area contributed by atoms with Gasteiger partial charge < -0.3 is 25.1 Å². The van der Waals surface area contributed by atoms with E-state index in [1.807, 2.05) is 26.8 Å². The Morgan fingerprint density at radius 3 is 2.33 bits per heavy atom. The summed E-state index contributed by atoms with van der Waals surface area (Å²) in [6, 6.07) is 2.87.